The summed E-state index contributed by atoms with van der Waals surface area (Å²) >= 11 is 5.86. The van der Waals surface area contributed by atoms with Gasteiger partial charge in [-0.3, -0.25) is 4.79 Å². The van der Waals surface area contributed by atoms with Gasteiger partial charge in [-0.05, 0) is 24.1 Å². The number of nitrogens with one attached hydrogen (secondary N) is 1. The van der Waals surface area contributed by atoms with Crippen LogP contribution >= 0.6 is 11.6 Å². The van der Waals surface area contributed by atoms with Gasteiger partial charge in [0.15, 0.2) is 0 Å². The Labute approximate surface area is 118 Å². The van der Waals surface area contributed by atoms with Crippen LogP contribution in [0, 0.1) is 11.7 Å². The van der Waals surface area contributed by atoms with Crippen LogP contribution in [0.15, 0.2) is 24.3 Å². The fourth-order valence-electron chi connectivity index (χ4n) is 1.71. The van der Waals surface area contributed by atoms with Crippen LogP contribution in [-0.4, -0.2) is 12.5 Å². The van der Waals surface area contributed by atoms with Crippen molar-refractivity contribution in [2.75, 3.05) is 6.54 Å². The Bertz CT molecular complexity index is 435. The van der Waals surface area contributed by atoms with E-state index in [1.807, 2.05) is 0 Å². The molecule has 0 saturated heterocycles. The second-order valence-electron chi connectivity index (χ2n) is 4.40. The number of amides is 1. The number of hydrogen-bond acceptors (Lipinski definition) is 1. The van der Waals surface area contributed by atoms with Gasteiger partial charge in [-0.2, -0.15) is 0 Å². The van der Waals surface area contributed by atoms with Crippen molar-refractivity contribution in [3.8, 4) is 0 Å². The van der Waals surface area contributed by atoms with Crippen molar-refractivity contribution in [1.82, 2.24) is 5.32 Å². The smallest absolute Gasteiger partial charge is 0.244 e. The first-order chi connectivity index (χ1) is 9.08. The predicted octanol–water partition coefficient (Wildman–Crippen LogP) is 4.04. The van der Waals surface area contributed by atoms with Crippen LogP contribution in [0.2, 0.25) is 5.02 Å². The molecule has 104 valence electrons. The van der Waals surface area contributed by atoms with Gasteiger partial charge in [-0.15, -0.1) is 0 Å². The van der Waals surface area contributed by atoms with E-state index in [2.05, 4.69) is 19.2 Å². The molecular weight excluding hydrogens is 265 g/mol. The minimum Gasteiger partial charge on any atom is -0.352 e. The van der Waals surface area contributed by atoms with E-state index < -0.39 is 5.82 Å². The fraction of sp³-hybridized carbons (Fsp3) is 0.400. The van der Waals surface area contributed by atoms with Gasteiger partial charge in [0.05, 0.1) is 5.02 Å². The number of carbonyl (C=O) groups excluding carboxylic acids is 1. The zero-order chi connectivity index (χ0) is 14.3. The molecule has 1 aromatic rings. The maximum Gasteiger partial charge on any atom is 0.244 e. The first-order valence-corrected chi connectivity index (χ1v) is 6.86. The zero-order valence-corrected chi connectivity index (χ0v) is 12.0. The van der Waals surface area contributed by atoms with E-state index in [0.717, 1.165) is 12.8 Å². The summed E-state index contributed by atoms with van der Waals surface area (Å²) in [6.07, 6.45) is 4.77. The van der Waals surface area contributed by atoms with Gasteiger partial charge in [0.1, 0.15) is 5.82 Å². The van der Waals surface area contributed by atoms with E-state index in [0.29, 0.717) is 17.5 Å². The highest BCUT2D eigenvalue weighted by atomic mass is 35.5. The molecule has 0 saturated carbocycles. The lowest BCUT2D eigenvalue weighted by atomic mass is 10.0. The van der Waals surface area contributed by atoms with Crippen LogP contribution in [0.5, 0.6) is 0 Å². The first-order valence-electron chi connectivity index (χ1n) is 6.48. The summed E-state index contributed by atoms with van der Waals surface area (Å²) in [5.74, 6) is -0.183. The number of hydrogen-bond donors (Lipinski definition) is 1. The third-order valence-electron chi connectivity index (χ3n) is 3.12. The molecule has 2 nitrogen and oxygen atoms in total. The fourth-order valence-corrected chi connectivity index (χ4v) is 1.94. The SMILES string of the molecule is CCC(CC)CNC(=O)/C=C/c1c(F)cccc1Cl. The summed E-state index contributed by atoms with van der Waals surface area (Å²) in [7, 11) is 0. The van der Waals surface area contributed by atoms with E-state index in [-0.39, 0.29) is 11.5 Å². The molecular formula is C15H19ClFNO. The Morgan fingerprint density at radius 1 is 1.42 bits per heavy atom. The summed E-state index contributed by atoms with van der Waals surface area (Å²) in [5, 5.41) is 3.10. The summed E-state index contributed by atoms with van der Waals surface area (Å²) in [5.41, 5.74) is 0.238. The van der Waals surface area contributed by atoms with E-state index in [1.165, 1.54) is 24.3 Å². The molecule has 0 radical (unpaired) electrons. The largest absolute Gasteiger partial charge is 0.352 e. The van der Waals surface area contributed by atoms with Crippen molar-refractivity contribution < 1.29 is 9.18 Å². The van der Waals surface area contributed by atoms with E-state index in [4.69, 9.17) is 11.6 Å². The van der Waals surface area contributed by atoms with Crippen LogP contribution in [0.1, 0.15) is 32.3 Å². The molecule has 0 bridgehead atoms. The molecule has 0 spiro atoms. The summed E-state index contributed by atoms with van der Waals surface area (Å²) in [6, 6.07) is 4.43. The molecule has 1 aromatic carbocycles. The molecule has 0 aliphatic rings. The minimum atomic E-state index is -0.434. The lowest BCUT2D eigenvalue weighted by molar-refractivity contribution is -0.116. The molecule has 1 rings (SSSR count). The van der Waals surface area contributed by atoms with Crippen LogP contribution < -0.4 is 5.32 Å². The Hall–Kier alpha value is -1.35. The predicted molar refractivity (Wildman–Crippen MR) is 77.5 cm³/mol. The maximum atomic E-state index is 13.5. The molecule has 0 fully saturated rings. The molecule has 0 unspecified atom stereocenters. The highest BCUT2D eigenvalue weighted by Crippen LogP contribution is 2.20. The Kier molecular flexibility index (Phi) is 6.57. The third kappa shape index (κ3) is 5.03. The molecule has 0 aromatic heterocycles. The maximum absolute atomic E-state index is 13.5. The monoisotopic (exact) mass is 283 g/mol. The highest BCUT2D eigenvalue weighted by Gasteiger charge is 2.06. The molecule has 19 heavy (non-hydrogen) atoms. The van der Waals surface area contributed by atoms with Crippen molar-refractivity contribution in [2.45, 2.75) is 26.7 Å². The molecule has 0 aliphatic carbocycles. The summed E-state index contributed by atoms with van der Waals surface area (Å²) < 4.78 is 13.5. The Balaban J connectivity index is 2.59. The summed E-state index contributed by atoms with van der Waals surface area (Å²) in [4.78, 5) is 11.6. The van der Waals surface area contributed by atoms with Crippen LogP contribution in [0.4, 0.5) is 4.39 Å². The van der Waals surface area contributed by atoms with Crippen LogP contribution in [0.3, 0.4) is 0 Å². The zero-order valence-electron chi connectivity index (χ0n) is 11.2. The van der Waals surface area contributed by atoms with Gasteiger partial charge < -0.3 is 5.32 Å². The lowest BCUT2D eigenvalue weighted by Gasteiger charge is -2.11. The van der Waals surface area contributed by atoms with Crippen molar-refractivity contribution in [2.24, 2.45) is 5.92 Å². The number of halogens is 2. The molecule has 1 N–H and O–H groups in total. The van der Waals surface area contributed by atoms with Gasteiger partial charge >= 0.3 is 0 Å². The Morgan fingerprint density at radius 2 is 2.11 bits per heavy atom. The minimum absolute atomic E-state index is 0.230. The second-order valence-corrected chi connectivity index (χ2v) is 4.80. The molecule has 4 heteroatoms. The number of rotatable bonds is 6. The molecule has 0 atom stereocenters. The highest BCUT2D eigenvalue weighted by molar-refractivity contribution is 6.32. The normalized spacial score (nSPS) is 11.2. The Morgan fingerprint density at radius 3 is 2.68 bits per heavy atom. The molecule has 0 heterocycles. The van der Waals surface area contributed by atoms with Gasteiger partial charge in [-0.1, -0.05) is 44.4 Å². The van der Waals surface area contributed by atoms with Crippen LogP contribution in [0.25, 0.3) is 6.08 Å². The summed E-state index contributed by atoms with van der Waals surface area (Å²) in [6.45, 7) is 4.83. The standard InChI is InChI=1S/C15H19ClFNO/c1-3-11(4-2)10-18-15(19)9-8-12-13(16)6-5-7-14(12)17/h5-9,11H,3-4,10H2,1-2H3,(H,18,19)/b9-8+. The molecule has 1 amide bonds. The van der Waals surface area contributed by atoms with Gasteiger partial charge in [0.25, 0.3) is 0 Å². The van der Waals surface area contributed by atoms with Crippen molar-refractivity contribution in [1.29, 1.82) is 0 Å². The average molecular weight is 284 g/mol. The van der Waals surface area contributed by atoms with Gasteiger partial charge in [0, 0.05) is 18.2 Å². The first kappa shape index (κ1) is 15.7. The van der Waals surface area contributed by atoms with E-state index >= 15 is 0 Å². The van der Waals surface area contributed by atoms with Crippen molar-refractivity contribution >= 4 is 23.6 Å². The quantitative estimate of drug-likeness (QED) is 0.784. The van der Waals surface area contributed by atoms with Crippen molar-refractivity contribution in [3.05, 3.63) is 40.7 Å². The van der Waals surface area contributed by atoms with Crippen molar-refractivity contribution in [3.63, 3.8) is 0 Å². The van der Waals surface area contributed by atoms with Gasteiger partial charge in [0.2, 0.25) is 5.91 Å². The lowest BCUT2D eigenvalue weighted by Crippen LogP contribution is -2.27. The van der Waals surface area contributed by atoms with Gasteiger partial charge in [-0.25, -0.2) is 4.39 Å². The van der Waals surface area contributed by atoms with Crippen LogP contribution in [-0.2, 0) is 4.79 Å². The topological polar surface area (TPSA) is 29.1 Å². The number of carbonyl (C=O) groups is 1. The number of benzene rings is 1. The molecule has 0 aliphatic heterocycles. The second kappa shape index (κ2) is 7.95. The van der Waals surface area contributed by atoms with E-state index in [1.54, 1.807) is 6.07 Å². The average Bonchev–Trinajstić information content (AvgIpc) is 2.39. The third-order valence-corrected chi connectivity index (χ3v) is 3.45. The van der Waals surface area contributed by atoms with E-state index in [9.17, 15) is 9.18 Å².